The van der Waals surface area contributed by atoms with Crippen LogP contribution in [0.5, 0.6) is 0 Å². The van der Waals surface area contributed by atoms with Crippen molar-refractivity contribution < 1.29 is 9.63 Å². The van der Waals surface area contributed by atoms with Crippen LogP contribution in [0.2, 0.25) is 5.02 Å². The van der Waals surface area contributed by atoms with E-state index in [1.807, 2.05) is 0 Å². The Morgan fingerprint density at radius 1 is 1.57 bits per heavy atom. The van der Waals surface area contributed by atoms with Crippen LogP contribution in [0, 0.1) is 0 Å². The molecule has 0 bridgehead atoms. The molecule has 0 unspecified atom stereocenters. The second kappa shape index (κ2) is 4.77. The van der Waals surface area contributed by atoms with Gasteiger partial charge in [0, 0.05) is 11.5 Å². The first-order chi connectivity index (χ1) is 6.56. The van der Waals surface area contributed by atoms with E-state index in [0.717, 1.165) is 9.54 Å². The topological polar surface area (TPSA) is 29.5 Å². The Morgan fingerprint density at radius 3 is 2.79 bits per heavy atom. The predicted molar refractivity (Wildman–Crippen MR) is 58.3 cm³/mol. The number of hydrogen-bond acceptors (Lipinski definition) is 2. The van der Waals surface area contributed by atoms with Crippen LogP contribution in [0.3, 0.4) is 0 Å². The summed E-state index contributed by atoms with van der Waals surface area (Å²) in [7, 11) is 2.95. The number of benzene rings is 1. The molecule has 0 aromatic heterocycles. The van der Waals surface area contributed by atoms with Gasteiger partial charge in [0.15, 0.2) is 0 Å². The Labute approximate surface area is 95.7 Å². The summed E-state index contributed by atoms with van der Waals surface area (Å²) in [6.45, 7) is 0. The first-order valence-electron chi connectivity index (χ1n) is 3.83. The molecule has 0 spiro atoms. The van der Waals surface area contributed by atoms with Crippen LogP contribution in [-0.2, 0) is 4.84 Å². The largest absolute Gasteiger partial charge is 0.278 e. The minimum Gasteiger partial charge on any atom is -0.274 e. The highest BCUT2D eigenvalue weighted by atomic mass is 79.9. The molecule has 0 radical (unpaired) electrons. The molecule has 0 atom stereocenters. The van der Waals surface area contributed by atoms with Crippen LogP contribution < -0.4 is 0 Å². The molecule has 3 nitrogen and oxygen atoms in total. The highest BCUT2D eigenvalue weighted by Gasteiger charge is 2.14. The van der Waals surface area contributed by atoms with E-state index >= 15 is 0 Å². The highest BCUT2D eigenvalue weighted by Crippen LogP contribution is 2.22. The number of carbonyl (C=O) groups excluding carboxylic acids is 1. The molecule has 1 amide bonds. The lowest BCUT2D eigenvalue weighted by Gasteiger charge is -2.14. The van der Waals surface area contributed by atoms with Crippen molar-refractivity contribution in [1.82, 2.24) is 5.06 Å². The summed E-state index contributed by atoms with van der Waals surface area (Å²) in [5.74, 6) is -0.279. The number of halogens is 2. The van der Waals surface area contributed by atoms with E-state index in [-0.39, 0.29) is 5.91 Å². The molecule has 76 valence electrons. The molecule has 0 aliphatic carbocycles. The fourth-order valence-electron chi connectivity index (χ4n) is 0.914. The van der Waals surface area contributed by atoms with Crippen molar-refractivity contribution in [2.75, 3.05) is 14.2 Å². The van der Waals surface area contributed by atoms with Crippen molar-refractivity contribution in [3.05, 3.63) is 33.3 Å². The van der Waals surface area contributed by atoms with Gasteiger partial charge in [-0.3, -0.25) is 9.63 Å². The van der Waals surface area contributed by atoms with Gasteiger partial charge in [-0.25, -0.2) is 5.06 Å². The summed E-state index contributed by atoms with van der Waals surface area (Å²) in [6.07, 6.45) is 0. The molecule has 0 heterocycles. The van der Waals surface area contributed by atoms with Crippen molar-refractivity contribution in [2.24, 2.45) is 0 Å². The maximum atomic E-state index is 11.6. The molecule has 1 rings (SSSR count). The van der Waals surface area contributed by atoms with Gasteiger partial charge in [-0.05, 0) is 18.2 Å². The molecule has 0 aliphatic heterocycles. The number of amides is 1. The third-order valence-electron chi connectivity index (χ3n) is 1.72. The summed E-state index contributed by atoms with van der Waals surface area (Å²) < 4.78 is 0.801. The molecule has 0 fully saturated rings. The van der Waals surface area contributed by atoms with E-state index in [9.17, 15) is 4.79 Å². The van der Waals surface area contributed by atoms with E-state index in [0.29, 0.717) is 10.6 Å². The Morgan fingerprint density at radius 2 is 2.21 bits per heavy atom. The van der Waals surface area contributed by atoms with Gasteiger partial charge < -0.3 is 0 Å². The highest BCUT2D eigenvalue weighted by molar-refractivity contribution is 9.10. The lowest BCUT2D eigenvalue weighted by Crippen LogP contribution is -2.25. The van der Waals surface area contributed by atoms with Crippen LogP contribution in [-0.4, -0.2) is 25.1 Å². The predicted octanol–water partition coefficient (Wildman–Crippen LogP) is 2.74. The minimum atomic E-state index is -0.279. The molecule has 5 heteroatoms. The summed E-state index contributed by atoms with van der Waals surface area (Å²) in [4.78, 5) is 16.4. The van der Waals surface area contributed by atoms with Crippen LogP contribution in [0.25, 0.3) is 0 Å². The van der Waals surface area contributed by atoms with Gasteiger partial charge in [0.1, 0.15) is 0 Å². The van der Waals surface area contributed by atoms with E-state index in [2.05, 4.69) is 15.9 Å². The molecule has 0 saturated heterocycles. The molecule has 1 aromatic carbocycles. The van der Waals surface area contributed by atoms with Crippen molar-refractivity contribution in [1.29, 1.82) is 0 Å². The summed E-state index contributed by atoms with van der Waals surface area (Å²) in [6, 6.07) is 5.08. The second-order valence-electron chi connectivity index (χ2n) is 2.61. The monoisotopic (exact) mass is 277 g/mol. The Hall–Kier alpha value is -0.580. The Kier molecular flexibility index (Phi) is 3.92. The third-order valence-corrected chi connectivity index (χ3v) is 2.54. The molecule has 14 heavy (non-hydrogen) atoms. The minimum absolute atomic E-state index is 0.279. The fourth-order valence-corrected chi connectivity index (χ4v) is 1.47. The van der Waals surface area contributed by atoms with Gasteiger partial charge in [0.25, 0.3) is 5.91 Å². The smallest absolute Gasteiger partial charge is 0.274 e. The number of hydroxylamine groups is 2. The first-order valence-corrected chi connectivity index (χ1v) is 5.00. The van der Waals surface area contributed by atoms with Gasteiger partial charge in [0.2, 0.25) is 0 Å². The van der Waals surface area contributed by atoms with Gasteiger partial charge in [-0.1, -0.05) is 27.5 Å². The molecule has 0 aliphatic rings. The van der Waals surface area contributed by atoms with Crippen LogP contribution in [0.15, 0.2) is 22.7 Å². The quantitative estimate of drug-likeness (QED) is 0.779. The molecule has 1 aromatic rings. The first kappa shape index (κ1) is 11.5. The van der Waals surface area contributed by atoms with Crippen molar-refractivity contribution in [3.8, 4) is 0 Å². The van der Waals surface area contributed by atoms with Gasteiger partial charge in [-0.2, -0.15) is 0 Å². The molecule has 0 N–H and O–H groups in total. The number of rotatable bonds is 2. The van der Waals surface area contributed by atoms with Crippen LogP contribution in [0.4, 0.5) is 0 Å². The average molecular weight is 279 g/mol. The summed E-state index contributed by atoms with van der Waals surface area (Å²) in [5, 5.41) is 1.52. The molecular weight excluding hydrogens is 269 g/mol. The van der Waals surface area contributed by atoms with Crippen molar-refractivity contribution >= 4 is 33.4 Å². The maximum absolute atomic E-state index is 11.6. The Balaban J connectivity index is 3.06. The standard InChI is InChI=1S/C9H9BrClNO2/c1-12(14-2)9(13)7-5-6(10)3-4-8(7)11/h3-5H,1-2H3. The molecular formula is C9H9BrClNO2. The normalized spacial score (nSPS) is 10.0. The summed E-state index contributed by atoms with van der Waals surface area (Å²) >= 11 is 9.13. The zero-order valence-corrected chi connectivity index (χ0v) is 10.1. The third kappa shape index (κ3) is 2.47. The van der Waals surface area contributed by atoms with Crippen molar-refractivity contribution in [2.45, 2.75) is 0 Å². The molecule has 0 saturated carbocycles. The maximum Gasteiger partial charge on any atom is 0.278 e. The summed E-state index contributed by atoms with van der Waals surface area (Å²) in [5.41, 5.74) is 0.408. The van der Waals surface area contributed by atoms with Gasteiger partial charge >= 0.3 is 0 Å². The number of hydrogen-bond donors (Lipinski definition) is 0. The SMILES string of the molecule is CON(C)C(=O)c1cc(Br)ccc1Cl. The lowest BCUT2D eigenvalue weighted by atomic mass is 10.2. The fraction of sp³-hybridized carbons (Fsp3) is 0.222. The lowest BCUT2D eigenvalue weighted by molar-refractivity contribution is -0.0756. The zero-order valence-electron chi connectivity index (χ0n) is 7.75. The van der Waals surface area contributed by atoms with E-state index in [4.69, 9.17) is 16.4 Å². The van der Waals surface area contributed by atoms with Crippen LogP contribution in [0.1, 0.15) is 10.4 Å². The van der Waals surface area contributed by atoms with E-state index in [1.165, 1.54) is 14.2 Å². The number of carbonyl (C=O) groups is 1. The number of nitrogens with zero attached hydrogens (tertiary/aromatic N) is 1. The Bertz CT molecular complexity index is 357. The van der Waals surface area contributed by atoms with Crippen LogP contribution >= 0.6 is 27.5 Å². The van der Waals surface area contributed by atoms with Crippen molar-refractivity contribution in [3.63, 3.8) is 0 Å². The van der Waals surface area contributed by atoms with E-state index < -0.39 is 0 Å². The van der Waals surface area contributed by atoms with Gasteiger partial charge in [0.05, 0.1) is 17.7 Å². The zero-order chi connectivity index (χ0) is 10.7. The second-order valence-corrected chi connectivity index (χ2v) is 3.93. The average Bonchev–Trinajstić information content (AvgIpc) is 2.19. The van der Waals surface area contributed by atoms with Gasteiger partial charge in [-0.15, -0.1) is 0 Å². The van der Waals surface area contributed by atoms with E-state index in [1.54, 1.807) is 18.2 Å².